The lowest BCUT2D eigenvalue weighted by Crippen LogP contribution is -2.43. The zero-order chi connectivity index (χ0) is 18.2. The van der Waals surface area contributed by atoms with E-state index in [0.29, 0.717) is 17.9 Å². The van der Waals surface area contributed by atoms with E-state index in [2.05, 4.69) is 36.1 Å². The number of aromatic amines is 1. The van der Waals surface area contributed by atoms with E-state index in [-0.39, 0.29) is 6.04 Å². The molecular formula is C15H20BrN5O3S. The summed E-state index contributed by atoms with van der Waals surface area (Å²) in [5.41, 5.74) is 8.13. The van der Waals surface area contributed by atoms with Crippen molar-refractivity contribution in [1.82, 2.24) is 9.97 Å². The SMILES string of the molecule is CS(=O)(=O)CC(=O)Nc1c[nH]c2ncc(Br)c(N3CCC[C@@H](N)C3)c12. The van der Waals surface area contributed by atoms with Crippen LogP contribution in [0.4, 0.5) is 11.4 Å². The van der Waals surface area contributed by atoms with E-state index in [1.54, 1.807) is 12.4 Å². The molecule has 1 saturated heterocycles. The molecule has 3 rings (SSSR count). The maximum atomic E-state index is 12.0. The zero-order valence-electron chi connectivity index (χ0n) is 13.8. The topological polar surface area (TPSA) is 121 Å². The van der Waals surface area contributed by atoms with Crippen LogP contribution in [0.1, 0.15) is 12.8 Å². The Kier molecular flexibility index (Phi) is 5.03. The van der Waals surface area contributed by atoms with Crippen LogP contribution in [0.15, 0.2) is 16.9 Å². The minimum absolute atomic E-state index is 0.0890. The average molecular weight is 430 g/mol. The number of sulfone groups is 1. The molecule has 0 radical (unpaired) electrons. The number of rotatable bonds is 4. The Labute approximate surface area is 154 Å². The van der Waals surface area contributed by atoms with Crippen LogP contribution in [0.2, 0.25) is 0 Å². The number of nitrogens with one attached hydrogen (secondary N) is 2. The predicted octanol–water partition coefficient (Wildman–Crippen LogP) is 1.24. The van der Waals surface area contributed by atoms with Gasteiger partial charge in [0, 0.05) is 37.8 Å². The van der Waals surface area contributed by atoms with Gasteiger partial charge in [-0.25, -0.2) is 13.4 Å². The van der Waals surface area contributed by atoms with E-state index < -0.39 is 21.5 Å². The second-order valence-electron chi connectivity index (χ2n) is 6.35. The van der Waals surface area contributed by atoms with Gasteiger partial charge in [0.05, 0.1) is 21.2 Å². The molecule has 0 spiro atoms. The minimum atomic E-state index is -3.40. The molecule has 1 atom stereocenters. The van der Waals surface area contributed by atoms with E-state index in [0.717, 1.165) is 41.2 Å². The molecule has 3 heterocycles. The molecular weight excluding hydrogens is 410 g/mol. The summed E-state index contributed by atoms with van der Waals surface area (Å²) in [5, 5.41) is 3.41. The first kappa shape index (κ1) is 18.2. The molecule has 1 aliphatic rings. The Morgan fingerprint density at radius 1 is 1.56 bits per heavy atom. The third kappa shape index (κ3) is 4.13. The van der Waals surface area contributed by atoms with Crippen LogP contribution < -0.4 is 16.0 Å². The summed E-state index contributed by atoms with van der Waals surface area (Å²) in [6, 6.07) is 0.0890. The van der Waals surface area contributed by atoms with Crippen molar-refractivity contribution in [3.05, 3.63) is 16.9 Å². The zero-order valence-corrected chi connectivity index (χ0v) is 16.2. The molecule has 1 aliphatic heterocycles. The van der Waals surface area contributed by atoms with Crippen molar-refractivity contribution in [3.8, 4) is 0 Å². The van der Waals surface area contributed by atoms with Crippen LogP contribution in [-0.4, -0.2) is 55.4 Å². The fourth-order valence-corrected chi connectivity index (χ4v) is 4.20. The summed E-state index contributed by atoms with van der Waals surface area (Å²) < 4.78 is 23.5. The van der Waals surface area contributed by atoms with Gasteiger partial charge in [-0.2, -0.15) is 0 Å². The molecule has 25 heavy (non-hydrogen) atoms. The average Bonchev–Trinajstić information content (AvgIpc) is 2.88. The van der Waals surface area contributed by atoms with Crippen LogP contribution in [0.25, 0.3) is 11.0 Å². The van der Waals surface area contributed by atoms with Crippen LogP contribution in [-0.2, 0) is 14.6 Å². The first-order valence-electron chi connectivity index (χ1n) is 7.88. The maximum absolute atomic E-state index is 12.0. The maximum Gasteiger partial charge on any atom is 0.239 e. The highest BCUT2D eigenvalue weighted by Crippen LogP contribution is 2.38. The molecule has 4 N–H and O–H groups in total. The number of hydrogen-bond donors (Lipinski definition) is 3. The number of amides is 1. The molecule has 1 fully saturated rings. The molecule has 0 unspecified atom stereocenters. The largest absolute Gasteiger partial charge is 0.368 e. The highest BCUT2D eigenvalue weighted by atomic mass is 79.9. The molecule has 136 valence electrons. The lowest BCUT2D eigenvalue weighted by atomic mass is 10.1. The van der Waals surface area contributed by atoms with Crippen LogP contribution in [0, 0.1) is 0 Å². The lowest BCUT2D eigenvalue weighted by molar-refractivity contribution is -0.113. The molecule has 0 saturated carbocycles. The van der Waals surface area contributed by atoms with E-state index in [1.807, 2.05) is 0 Å². The van der Waals surface area contributed by atoms with Gasteiger partial charge in [-0.15, -0.1) is 0 Å². The van der Waals surface area contributed by atoms with Crippen molar-refractivity contribution in [2.75, 3.05) is 35.3 Å². The summed E-state index contributed by atoms with van der Waals surface area (Å²) >= 11 is 3.54. The van der Waals surface area contributed by atoms with Crippen LogP contribution in [0.3, 0.4) is 0 Å². The van der Waals surface area contributed by atoms with Gasteiger partial charge >= 0.3 is 0 Å². The van der Waals surface area contributed by atoms with Gasteiger partial charge in [0.2, 0.25) is 5.91 Å². The molecule has 2 aromatic rings. The summed E-state index contributed by atoms with van der Waals surface area (Å²) in [7, 11) is -3.40. The van der Waals surface area contributed by atoms with Gasteiger partial charge in [-0.05, 0) is 28.8 Å². The van der Waals surface area contributed by atoms with Crippen molar-refractivity contribution in [3.63, 3.8) is 0 Å². The van der Waals surface area contributed by atoms with Crippen molar-refractivity contribution in [1.29, 1.82) is 0 Å². The first-order valence-corrected chi connectivity index (χ1v) is 10.7. The number of nitrogens with zero attached hydrogens (tertiary/aromatic N) is 2. The minimum Gasteiger partial charge on any atom is -0.368 e. The third-order valence-corrected chi connectivity index (χ3v) is 5.44. The summed E-state index contributed by atoms with van der Waals surface area (Å²) in [6.45, 7) is 1.56. The number of halogens is 1. The van der Waals surface area contributed by atoms with E-state index in [1.165, 1.54) is 0 Å². The fraction of sp³-hybridized carbons (Fsp3) is 0.467. The Morgan fingerprint density at radius 2 is 2.32 bits per heavy atom. The number of nitrogens with two attached hydrogens (primary N) is 1. The van der Waals surface area contributed by atoms with Gasteiger partial charge in [0.15, 0.2) is 9.84 Å². The number of H-pyrrole nitrogens is 1. The Bertz CT molecular complexity index is 911. The number of piperidine rings is 1. The van der Waals surface area contributed by atoms with Gasteiger partial charge in [0.1, 0.15) is 11.4 Å². The number of hydrogen-bond acceptors (Lipinski definition) is 6. The number of anilines is 2. The monoisotopic (exact) mass is 429 g/mol. The Balaban J connectivity index is 2.00. The third-order valence-electron chi connectivity index (χ3n) is 4.07. The number of carbonyl (C=O) groups is 1. The van der Waals surface area contributed by atoms with Gasteiger partial charge < -0.3 is 20.9 Å². The summed E-state index contributed by atoms with van der Waals surface area (Å²) in [4.78, 5) is 21.5. The second-order valence-corrected chi connectivity index (χ2v) is 9.34. The van der Waals surface area contributed by atoms with Gasteiger partial charge in [-0.1, -0.05) is 0 Å². The van der Waals surface area contributed by atoms with E-state index in [9.17, 15) is 13.2 Å². The Hall–Kier alpha value is -1.65. The highest BCUT2D eigenvalue weighted by molar-refractivity contribution is 9.10. The van der Waals surface area contributed by atoms with Crippen LogP contribution in [0.5, 0.6) is 0 Å². The van der Waals surface area contributed by atoms with Gasteiger partial charge in [0.25, 0.3) is 0 Å². The number of fused-ring (bicyclic) bond motifs is 1. The molecule has 8 nitrogen and oxygen atoms in total. The smallest absolute Gasteiger partial charge is 0.239 e. The van der Waals surface area contributed by atoms with E-state index >= 15 is 0 Å². The number of pyridine rings is 1. The lowest BCUT2D eigenvalue weighted by Gasteiger charge is -2.33. The molecule has 0 bridgehead atoms. The second kappa shape index (κ2) is 6.93. The van der Waals surface area contributed by atoms with Crippen molar-refractivity contribution >= 4 is 54.1 Å². The van der Waals surface area contributed by atoms with Crippen LogP contribution >= 0.6 is 15.9 Å². The molecule has 0 aliphatic carbocycles. The standard InChI is InChI=1S/C15H20BrN5O3S/c1-25(23,24)8-12(22)20-11-6-19-15-13(11)14(10(16)5-18-15)21-4-2-3-9(17)7-21/h5-6,9H,2-4,7-8,17H2,1H3,(H,18,19)(H,20,22)/t9-/m1/s1. The number of carbonyl (C=O) groups excluding carboxylic acids is 1. The molecule has 1 amide bonds. The van der Waals surface area contributed by atoms with Gasteiger partial charge in [-0.3, -0.25) is 4.79 Å². The van der Waals surface area contributed by atoms with Crippen molar-refractivity contribution in [2.24, 2.45) is 5.73 Å². The Morgan fingerprint density at radius 3 is 3.00 bits per heavy atom. The first-order chi connectivity index (χ1) is 11.7. The molecule has 0 aromatic carbocycles. The quantitative estimate of drug-likeness (QED) is 0.671. The normalized spacial score (nSPS) is 18.5. The molecule has 10 heteroatoms. The van der Waals surface area contributed by atoms with E-state index in [4.69, 9.17) is 5.73 Å². The number of aromatic nitrogens is 2. The summed E-state index contributed by atoms with van der Waals surface area (Å²) in [5.74, 6) is -1.14. The summed E-state index contributed by atoms with van der Waals surface area (Å²) in [6.07, 6.45) is 6.32. The predicted molar refractivity (Wildman–Crippen MR) is 102 cm³/mol. The molecule has 2 aromatic heterocycles. The highest BCUT2D eigenvalue weighted by Gasteiger charge is 2.24. The van der Waals surface area contributed by atoms with Crippen molar-refractivity contribution < 1.29 is 13.2 Å². The fourth-order valence-electron chi connectivity index (χ4n) is 3.10. The van der Waals surface area contributed by atoms with Crippen molar-refractivity contribution in [2.45, 2.75) is 18.9 Å².